The molecule has 7 aromatic rings. The van der Waals surface area contributed by atoms with Crippen molar-refractivity contribution >= 4 is 38.6 Å². The van der Waals surface area contributed by atoms with E-state index >= 15 is 0 Å². The van der Waals surface area contributed by atoms with Crippen molar-refractivity contribution < 1.29 is 0 Å². The van der Waals surface area contributed by atoms with Crippen LogP contribution in [0.15, 0.2) is 212 Å². The fraction of sp³-hybridized carbons (Fsp3) is 0.0588. The van der Waals surface area contributed by atoms with Gasteiger partial charge in [0.05, 0.1) is 16.7 Å². The van der Waals surface area contributed by atoms with Crippen molar-refractivity contribution in [2.75, 3.05) is 4.90 Å². The summed E-state index contributed by atoms with van der Waals surface area (Å²) in [5, 5.41) is 2.54. The molecular formula is C51H40N2. The third-order valence-corrected chi connectivity index (χ3v) is 10.6. The highest BCUT2D eigenvalue weighted by Gasteiger charge is 2.24. The van der Waals surface area contributed by atoms with Gasteiger partial charge in [-0.1, -0.05) is 134 Å². The average Bonchev–Trinajstić information content (AvgIpc) is 3.55. The molecule has 0 unspecified atom stereocenters. The first-order valence-electron chi connectivity index (χ1n) is 18.5. The minimum atomic E-state index is 0.894. The van der Waals surface area contributed by atoms with Crippen LogP contribution in [-0.2, 0) is 0 Å². The molecule has 0 saturated heterocycles. The Bertz CT molecular complexity index is 2680. The molecule has 2 nitrogen and oxygen atoms in total. The predicted molar refractivity (Wildman–Crippen MR) is 226 cm³/mol. The van der Waals surface area contributed by atoms with Crippen molar-refractivity contribution in [1.82, 2.24) is 4.57 Å². The number of anilines is 1. The fourth-order valence-corrected chi connectivity index (χ4v) is 8.10. The van der Waals surface area contributed by atoms with Gasteiger partial charge in [-0.2, -0.15) is 0 Å². The van der Waals surface area contributed by atoms with Crippen LogP contribution >= 0.6 is 0 Å². The number of hydrogen-bond acceptors (Lipinski definition) is 1. The highest BCUT2D eigenvalue weighted by atomic mass is 15.1. The lowest BCUT2D eigenvalue weighted by Gasteiger charge is -2.32. The van der Waals surface area contributed by atoms with Gasteiger partial charge in [0.2, 0.25) is 0 Å². The van der Waals surface area contributed by atoms with Gasteiger partial charge in [-0.05, 0) is 113 Å². The Balaban J connectivity index is 1.14. The Morgan fingerprint density at radius 3 is 2.21 bits per heavy atom. The highest BCUT2D eigenvalue weighted by molar-refractivity contribution is 6.10. The molecule has 1 aliphatic heterocycles. The van der Waals surface area contributed by atoms with Crippen molar-refractivity contribution in [2.45, 2.75) is 19.8 Å². The molecule has 0 N–H and O–H groups in total. The Hall–Kier alpha value is -6.64. The van der Waals surface area contributed by atoms with Crippen molar-refractivity contribution in [3.63, 3.8) is 0 Å². The van der Waals surface area contributed by atoms with Gasteiger partial charge in [0.15, 0.2) is 0 Å². The number of benzene rings is 6. The maximum Gasteiger partial charge on any atom is 0.0541 e. The van der Waals surface area contributed by atoms with E-state index in [2.05, 4.69) is 211 Å². The Morgan fingerprint density at radius 2 is 1.36 bits per heavy atom. The van der Waals surface area contributed by atoms with E-state index in [-0.39, 0.29) is 0 Å². The Labute approximate surface area is 312 Å². The third kappa shape index (κ3) is 5.89. The minimum absolute atomic E-state index is 0.894. The second-order valence-electron chi connectivity index (χ2n) is 13.7. The van der Waals surface area contributed by atoms with Gasteiger partial charge >= 0.3 is 0 Å². The van der Waals surface area contributed by atoms with E-state index in [0.717, 1.165) is 24.1 Å². The van der Waals surface area contributed by atoms with Gasteiger partial charge in [0.1, 0.15) is 0 Å². The molecule has 1 aromatic heterocycles. The van der Waals surface area contributed by atoms with Crippen molar-refractivity contribution in [2.24, 2.45) is 0 Å². The van der Waals surface area contributed by atoms with Crippen LogP contribution in [0.25, 0.3) is 49.8 Å². The maximum absolute atomic E-state index is 4.58. The zero-order valence-electron chi connectivity index (χ0n) is 29.9. The van der Waals surface area contributed by atoms with Gasteiger partial charge in [0, 0.05) is 39.5 Å². The highest BCUT2D eigenvalue weighted by Crippen LogP contribution is 2.42. The molecule has 2 heteroatoms. The quantitative estimate of drug-likeness (QED) is 0.170. The van der Waals surface area contributed by atoms with Crippen LogP contribution in [0, 0.1) is 0 Å². The standard InChI is InChI=1S/C51H40N2/c1-3-43(41-21-16-20-38(33-41)37-18-6-4-7-19-37)44-24-10-12-26-48(44)52-32-15-14-17-36(2)46-34-39(28-30-49(46)52)40-29-31-51-47(35-40)45-25-11-13-27-50(45)53(51)42-22-8-5-9-23-42/h3-27,29,31-35H,2,28,30H2,1H3/b17-14-,32-15-,43-3-. The van der Waals surface area contributed by atoms with Crippen molar-refractivity contribution in [3.05, 3.63) is 228 Å². The third-order valence-electron chi connectivity index (χ3n) is 10.6. The summed E-state index contributed by atoms with van der Waals surface area (Å²) >= 11 is 0. The SMILES string of the molecule is C=C1/C=C\C=C/N(c2ccccc2/C(=C\C)c2cccc(-c3ccccc3)c2)C2=C1C=C(c1ccc3c(c1)c1ccccc1n3-c1ccccc1)CC2. The molecule has 2 heterocycles. The lowest BCUT2D eigenvalue weighted by Crippen LogP contribution is -2.21. The number of allylic oxidation sites excluding steroid dienone is 9. The smallest absolute Gasteiger partial charge is 0.0541 e. The molecule has 53 heavy (non-hydrogen) atoms. The summed E-state index contributed by atoms with van der Waals surface area (Å²) in [7, 11) is 0. The number of aromatic nitrogens is 1. The van der Waals surface area contributed by atoms with E-state index in [1.54, 1.807) is 0 Å². The summed E-state index contributed by atoms with van der Waals surface area (Å²) in [5.74, 6) is 0. The molecule has 9 rings (SSSR count). The molecule has 1 aliphatic carbocycles. The van der Waals surface area contributed by atoms with Crippen LogP contribution in [0.5, 0.6) is 0 Å². The summed E-state index contributed by atoms with van der Waals surface area (Å²) in [5.41, 5.74) is 16.9. The zero-order valence-corrected chi connectivity index (χ0v) is 29.9. The summed E-state index contributed by atoms with van der Waals surface area (Å²) < 4.78 is 2.38. The number of hydrogen-bond donors (Lipinski definition) is 0. The van der Waals surface area contributed by atoms with Crippen LogP contribution in [0.1, 0.15) is 36.5 Å². The van der Waals surface area contributed by atoms with Gasteiger partial charge in [-0.25, -0.2) is 0 Å². The maximum atomic E-state index is 4.58. The lowest BCUT2D eigenvalue weighted by molar-refractivity contribution is 0.909. The number of rotatable bonds is 6. The zero-order chi connectivity index (χ0) is 35.7. The number of para-hydroxylation sites is 3. The second kappa shape index (κ2) is 13.8. The first kappa shape index (κ1) is 32.3. The summed E-state index contributed by atoms with van der Waals surface area (Å²) in [6.07, 6.45) is 15.0. The van der Waals surface area contributed by atoms with Crippen molar-refractivity contribution in [3.8, 4) is 16.8 Å². The summed E-state index contributed by atoms with van der Waals surface area (Å²) in [6, 6.07) is 54.7. The molecule has 254 valence electrons. The monoisotopic (exact) mass is 680 g/mol. The normalized spacial score (nSPS) is 15.9. The number of fused-ring (bicyclic) bond motifs is 3. The topological polar surface area (TPSA) is 8.17 Å². The molecular weight excluding hydrogens is 641 g/mol. The van der Waals surface area contributed by atoms with E-state index in [1.807, 2.05) is 0 Å². The van der Waals surface area contributed by atoms with E-state index in [4.69, 9.17) is 0 Å². The van der Waals surface area contributed by atoms with Gasteiger partial charge < -0.3 is 9.47 Å². The van der Waals surface area contributed by atoms with E-state index in [0.29, 0.717) is 0 Å². The molecule has 0 radical (unpaired) electrons. The van der Waals surface area contributed by atoms with E-state index in [9.17, 15) is 0 Å². The molecule has 0 saturated carbocycles. The molecule has 2 aliphatic rings. The molecule has 0 bridgehead atoms. The summed E-state index contributed by atoms with van der Waals surface area (Å²) in [4.78, 5) is 2.40. The van der Waals surface area contributed by atoms with E-state index in [1.165, 1.54) is 77.7 Å². The molecule has 0 amide bonds. The summed E-state index contributed by atoms with van der Waals surface area (Å²) in [6.45, 7) is 6.72. The van der Waals surface area contributed by atoms with Crippen LogP contribution in [0.2, 0.25) is 0 Å². The van der Waals surface area contributed by atoms with Crippen LogP contribution < -0.4 is 4.90 Å². The molecule has 0 spiro atoms. The first-order valence-corrected chi connectivity index (χ1v) is 18.5. The van der Waals surface area contributed by atoms with Gasteiger partial charge in [0.25, 0.3) is 0 Å². The van der Waals surface area contributed by atoms with Crippen LogP contribution in [0.4, 0.5) is 5.69 Å². The molecule has 0 atom stereocenters. The van der Waals surface area contributed by atoms with Crippen LogP contribution in [0.3, 0.4) is 0 Å². The predicted octanol–water partition coefficient (Wildman–Crippen LogP) is 13.5. The second-order valence-corrected chi connectivity index (χ2v) is 13.7. The minimum Gasteiger partial charge on any atom is -0.320 e. The van der Waals surface area contributed by atoms with Crippen molar-refractivity contribution in [1.29, 1.82) is 0 Å². The lowest BCUT2D eigenvalue weighted by atomic mass is 9.86. The fourth-order valence-electron chi connectivity index (χ4n) is 8.10. The largest absolute Gasteiger partial charge is 0.320 e. The Kier molecular flexibility index (Phi) is 8.42. The Morgan fingerprint density at radius 1 is 0.623 bits per heavy atom. The molecule has 6 aromatic carbocycles. The van der Waals surface area contributed by atoms with Crippen LogP contribution in [-0.4, -0.2) is 4.57 Å². The average molecular weight is 681 g/mol. The van der Waals surface area contributed by atoms with Gasteiger partial charge in [-0.3, -0.25) is 0 Å². The van der Waals surface area contributed by atoms with Gasteiger partial charge in [-0.15, -0.1) is 0 Å². The first-order chi connectivity index (χ1) is 26.2. The molecule has 0 fully saturated rings. The van der Waals surface area contributed by atoms with E-state index < -0.39 is 0 Å². The number of nitrogens with zero attached hydrogens (tertiary/aromatic N) is 2.